The largest absolute Gasteiger partial charge is 0.467 e. The minimum atomic E-state index is 0.0694. The third kappa shape index (κ3) is 3.03. The molecule has 1 fully saturated rings. The van der Waals surface area contributed by atoms with Crippen LogP contribution in [0.4, 0.5) is 5.69 Å². The average Bonchev–Trinajstić information content (AvgIpc) is 3.07. The summed E-state index contributed by atoms with van der Waals surface area (Å²) < 4.78 is 5.32. The molecule has 1 aromatic carbocycles. The molecule has 0 atom stereocenters. The number of benzene rings is 1. The Bertz CT molecular complexity index is 692. The standard InChI is InChI=1S/C16H16N2O2S/c1-11-5-6-14(12(2)8-11)17-16-18(15(19)10-21-16)9-13-4-3-7-20-13/h3-8H,9-10H2,1-2H3. The van der Waals surface area contributed by atoms with Crippen LogP contribution in [-0.4, -0.2) is 21.7 Å². The van der Waals surface area contributed by atoms with Crippen molar-refractivity contribution < 1.29 is 9.21 Å². The number of carbonyl (C=O) groups is 1. The second-order valence-corrected chi connectivity index (χ2v) is 5.97. The van der Waals surface area contributed by atoms with Crippen LogP contribution in [0.15, 0.2) is 46.0 Å². The van der Waals surface area contributed by atoms with Crippen molar-refractivity contribution in [2.75, 3.05) is 5.75 Å². The number of hydrogen-bond donors (Lipinski definition) is 0. The number of aliphatic imine (C=N–C) groups is 1. The lowest BCUT2D eigenvalue weighted by Crippen LogP contribution is -2.28. The molecule has 5 heteroatoms. The third-order valence-corrected chi connectivity index (χ3v) is 4.28. The van der Waals surface area contributed by atoms with Crippen LogP contribution >= 0.6 is 11.8 Å². The van der Waals surface area contributed by atoms with E-state index < -0.39 is 0 Å². The molecule has 4 nitrogen and oxygen atoms in total. The van der Waals surface area contributed by atoms with Gasteiger partial charge in [0.15, 0.2) is 5.17 Å². The quantitative estimate of drug-likeness (QED) is 0.869. The second-order valence-electron chi connectivity index (χ2n) is 5.03. The van der Waals surface area contributed by atoms with E-state index in [0.29, 0.717) is 12.3 Å². The molecule has 0 radical (unpaired) electrons. The van der Waals surface area contributed by atoms with E-state index in [0.717, 1.165) is 22.2 Å². The number of rotatable bonds is 3. The number of furan rings is 1. The Morgan fingerprint density at radius 1 is 1.33 bits per heavy atom. The van der Waals surface area contributed by atoms with Crippen molar-refractivity contribution >= 4 is 28.5 Å². The van der Waals surface area contributed by atoms with E-state index in [9.17, 15) is 4.79 Å². The molecule has 0 unspecified atom stereocenters. The summed E-state index contributed by atoms with van der Waals surface area (Å²) in [6.07, 6.45) is 1.62. The number of thioether (sulfide) groups is 1. The molecule has 1 aliphatic rings. The highest BCUT2D eigenvalue weighted by atomic mass is 32.2. The predicted molar refractivity (Wildman–Crippen MR) is 84.7 cm³/mol. The van der Waals surface area contributed by atoms with E-state index in [1.54, 1.807) is 11.2 Å². The van der Waals surface area contributed by atoms with Crippen LogP contribution in [-0.2, 0) is 11.3 Å². The molecule has 0 N–H and O–H groups in total. The highest BCUT2D eigenvalue weighted by Crippen LogP contribution is 2.27. The summed E-state index contributed by atoms with van der Waals surface area (Å²) in [5.41, 5.74) is 3.22. The maximum Gasteiger partial charge on any atom is 0.239 e. The molecule has 0 bridgehead atoms. The molecule has 0 saturated carbocycles. The van der Waals surface area contributed by atoms with E-state index in [-0.39, 0.29) is 5.91 Å². The molecule has 108 valence electrons. The summed E-state index contributed by atoms with van der Waals surface area (Å²) in [5.74, 6) is 1.27. The SMILES string of the molecule is Cc1ccc(N=C2SCC(=O)N2Cc2ccco2)c(C)c1. The Kier molecular flexibility index (Phi) is 3.84. The summed E-state index contributed by atoms with van der Waals surface area (Å²) in [6.45, 7) is 4.52. The molecule has 0 spiro atoms. The minimum Gasteiger partial charge on any atom is -0.467 e. The minimum absolute atomic E-state index is 0.0694. The van der Waals surface area contributed by atoms with Gasteiger partial charge in [-0.05, 0) is 37.6 Å². The molecule has 2 aromatic rings. The lowest BCUT2D eigenvalue weighted by atomic mass is 10.1. The van der Waals surface area contributed by atoms with Crippen LogP contribution in [0.25, 0.3) is 0 Å². The van der Waals surface area contributed by atoms with E-state index in [1.807, 2.05) is 31.2 Å². The summed E-state index contributed by atoms with van der Waals surface area (Å²) in [5, 5.41) is 0.739. The van der Waals surface area contributed by atoms with Gasteiger partial charge in [0.1, 0.15) is 5.76 Å². The van der Waals surface area contributed by atoms with Crippen molar-refractivity contribution in [3.63, 3.8) is 0 Å². The Balaban J connectivity index is 1.88. The van der Waals surface area contributed by atoms with Crippen molar-refractivity contribution in [1.82, 2.24) is 4.90 Å². The van der Waals surface area contributed by atoms with Gasteiger partial charge in [0.05, 0.1) is 24.2 Å². The topological polar surface area (TPSA) is 45.8 Å². The molecule has 21 heavy (non-hydrogen) atoms. The normalized spacial score (nSPS) is 17.0. The van der Waals surface area contributed by atoms with Crippen LogP contribution in [0, 0.1) is 13.8 Å². The van der Waals surface area contributed by atoms with Crippen LogP contribution in [0.5, 0.6) is 0 Å². The first-order valence-electron chi connectivity index (χ1n) is 6.75. The Labute approximate surface area is 127 Å². The summed E-state index contributed by atoms with van der Waals surface area (Å²) >= 11 is 1.47. The molecular formula is C16H16N2O2S. The smallest absolute Gasteiger partial charge is 0.239 e. The zero-order valence-electron chi connectivity index (χ0n) is 12.0. The maximum absolute atomic E-state index is 12.0. The number of amides is 1. The zero-order chi connectivity index (χ0) is 14.8. The van der Waals surface area contributed by atoms with Gasteiger partial charge in [0.25, 0.3) is 0 Å². The molecular weight excluding hydrogens is 284 g/mol. The summed E-state index contributed by atoms with van der Waals surface area (Å²) in [7, 11) is 0. The second kappa shape index (κ2) is 5.77. The van der Waals surface area contributed by atoms with E-state index in [1.165, 1.54) is 17.3 Å². The Morgan fingerprint density at radius 3 is 2.90 bits per heavy atom. The van der Waals surface area contributed by atoms with Gasteiger partial charge < -0.3 is 4.42 Å². The first kappa shape index (κ1) is 13.9. The Hall–Kier alpha value is -2.01. The Morgan fingerprint density at radius 2 is 2.19 bits per heavy atom. The molecule has 3 rings (SSSR count). The fourth-order valence-corrected chi connectivity index (χ4v) is 3.12. The van der Waals surface area contributed by atoms with Crippen LogP contribution < -0.4 is 0 Å². The van der Waals surface area contributed by atoms with Gasteiger partial charge in [-0.3, -0.25) is 9.69 Å². The van der Waals surface area contributed by atoms with Crippen LogP contribution in [0.1, 0.15) is 16.9 Å². The molecule has 1 aromatic heterocycles. The number of carbonyl (C=O) groups excluding carboxylic acids is 1. The number of amidine groups is 1. The van der Waals surface area contributed by atoms with Crippen LogP contribution in [0.3, 0.4) is 0 Å². The molecule has 0 aliphatic carbocycles. The van der Waals surface area contributed by atoms with Crippen molar-refractivity contribution in [3.8, 4) is 0 Å². The van der Waals surface area contributed by atoms with E-state index >= 15 is 0 Å². The number of aryl methyl sites for hydroxylation is 2. The number of nitrogens with zero attached hydrogens (tertiary/aromatic N) is 2. The number of hydrogen-bond acceptors (Lipinski definition) is 4. The van der Waals surface area contributed by atoms with Gasteiger partial charge >= 0.3 is 0 Å². The van der Waals surface area contributed by atoms with Gasteiger partial charge in [0, 0.05) is 0 Å². The summed E-state index contributed by atoms with van der Waals surface area (Å²) in [4.78, 5) is 18.4. The molecule has 1 aliphatic heterocycles. The first-order chi connectivity index (χ1) is 10.1. The van der Waals surface area contributed by atoms with Gasteiger partial charge in [-0.2, -0.15) is 0 Å². The van der Waals surface area contributed by atoms with Gasteiger partial charge in [0.2, 0.25) is 5.91 Å². The van der Waals surface area contributed by atoms with Crippen LogP contribution in [0.2, 0.25) is 0 Å². The monoisotopic (exact) mass is 300 g/mol. The zero-order valence-corrected chi connectivity index (χ0v) is 12.8. The lowest BCUT2D eigenvalue weighted by Gasteiger charge is -2.14. The van der Waals surface area contributed by atoms with E-state index in [4.69, 9.17) is 4.42 Å². The summed E-state index contributed by atoms with van der Waals surface area (Å²) in [6, 6.07) is 9.81. The van der Waals surface area contributed by atoms with Gasteiger partial charge in [-0.1, -0.05) is 29.5 Å². The van der Waals surface area contributed by atoms with Gasteiger partial charge in [-0.25, -0.2) is 4.99 Å². The highest BCUT2D eigenvalue weighted by molar-refractivity contribution is 8.15. The lowest BCUT2D eigenvalue weighted by molar-refractivity contribution is -0.124. The third-order valence-electron chi connectivity index (χ3n) is 3.32. The van der Waals surface area contributed by atoms with Gasteiger partial charge in [-0.15, -0.1) is 0 Å². The van der Waals surface area contributed by atoms with Crippen molar-refractivity contribution in [2.45, 2.75) is 20.4 Å². The van der Waals surface area contributed by atoms with Crippen molar-refractivity contribution in [1.29, 1.82) is 0 Å². The fourth-order valence-electron chi connectivity index (χ4n) is 2.23. The maximum atomic E-state index is 12.0. The molecule has 1 saturated heterocycles. The fraction of sp³-hybridized carbons (Fsp3) is 0.250. The first-order valence-corrected chi connectivity index (χ1v) is 7.73. The predicted octanol–water partition coefficient (Wildman–Crippen LogP) is 3.66. The molecule has 2 heterocycles. The average molecular weight is 300 g/mol. The van der Waals surface area contributed by atoms with Crippen molar-refractivity contribution in [2.24, 2.45) is 4.99 Å². The highest BCUT2D eigenvalue weighted by Gasteiger charge is 2.29. The van der Waals surface area contributed by atoms with Crippen molar-refractivity contribution in [3.05, 3.63) is 53.5 Å². The molecule has 1 amide bonds. The van der Waals surface area contributed by atoms with E-state index in [2.05, 4.69) is 18.0 Å².